The standard InChI is InChI=1S/C22H39N3O/c1-20(2,3)17-16-10-14(24-12-15(26)13-24)11-25(16)19(22(7,8)9)23-18(17)21(4,5)6/h14-15,18,26H,10-13H2,1-9H3. The topological polar surface area (TPSA) is 39.1 Å². The third-order valence-corrected chi connectivity index (χ3v) is 5.95. The third-order valence-electron chi connectivity index (χ3n) is 5.95. The number of hydrogen-bond donors (Lipinski definition) is 1. The Balaban J connectivity index is 2.08. The first-order chi connectivity index (χ1) is 11.7. The van der Waals surface area contributed by atoms with Gasteiger partial charge in [0.15, 0.2) is 0 Å². The normalized spacial score (nSPS) is 29.0. The van der Waals surface area contributed by atoms with Crippen molar-refractivity contribution in [3.8, 4) is 0 Å². The van der Waals surface area contributed by atoms with Crippen LogP contribution in [0.4, 0.5) is 0 Å². The summed E-state index contributed by atoms with van der Waals surface area (Å²) < 4.78 is 0. The number of aliphatic hydroxyl groups excluding tert-OH is 1. The second kappa shape index (κ2) is 6.07. The first kappa shape index (κ1) is 19.9. The zero-order chi connectivity index (χ0) is 19.7. The molecule has 148 valence electrons. The predicted octanol–water partition coefficient (Wildman–Crippen LogP) is 3.91. The SMILES string of the molecule is CC(C)(C)C1=NC(C(C)(C)C)C(C(C)(C)C)=C2CC(N3CC(O)C3)CN12. The minimum Gasteiger partial charge on any atom is -0.390 e. The van der Waals surface area contributed by atoms with E-state index in [1.54, 1.807) is 0 Å². The van der Waals surface area contributed by atoms with E-state index in [-0.39, 0.29) is 28.4 Å². The van der Waals surface area contributed by atoms with Crippen LogP contribution in [0, 0.1) is 16.2 Å². The van der Waals surface area contributed by atoms with Gasteiger partial charge in [-0.3, -0.25) is 9.89 Å². The van der Waals surface area contributed by atoms with Gasteiger partial charge < -0.3 is 10.0 Å². The quantitative estimate of drug-likeness (QED) is 0.769. The second-order valence-electron chi connectivity index (χ2n) is 11.7. The van der Waals surface area contributed by atoms with Gasteiger partial charge in [-0.25, -0.2) is 0 Å². The molecule has 4 heteroatoms. The maximum Gasteiger partial charge on any atom is 0.109 e. The monoisotopic (exact) mass is 361 g/mol. The number of β-amino-alcohol motifs (C(OH)–C–C–N with tert-alkyl or cyclic N) is 1. The zero-order valence-electron chi connectivity index (χ0n) is 18.3. The average Bonchev–Trinajstić information content (AvgIpc) is 2.82. The van der Waals surface area contributed by atoms with E-state index in [1.165, 1.54) is 17.1 Å². The lowest BCUT2D eigenvalue weighted by Gasteiger charge is -2.45. The molecule has 0 amide bonds. The molecule has 0 spiro atoms. The van der Waals surface area contributed by atoms with Crippen molar-refractivity contribution in [1.82, 2.24) is 9.80 Å². The molecule has 0 aromatic heterocycles. The van der Waals surface area contributed by atoms with Gasteiger partial charge in [0, 0.05) is 43.2 Å². The van der Waals surface area contributed by atoms with Crippen LogP contribution >= 0.6 is 0 Å². The van der Waals surface area contributed by atoms with Gasteiger partial charge in [-0.05, 0) is 16.4 Å². The highest BCUT2D eigenvalue weighted by atomic mass is 16.3. The maximum atomic E-state index is 9.76. The van der Waals surface area contributed by atoms with Crippen LogP contribution in [0.15, 0.2) is 16.3 Å². The van der Waals surface area contributed by atoms with Crippen molar-refractivity contribution in [2.75, 3.05) is 19.6 Å². The van der Waals surface area contributed by atoms with Crippen molar-refractivity contribution in [3.63, 3.8) is 0 Å². The van der Waals surface area contributed by atoms with E-state index in [4.69, 9.17) is 4.99 Å². The fraction of sp³-hybridized carbons (Fsp3) is 0.864. The Morgan fingerprint density at radius 1 is 0.885 bits per heavy atom. The van der Waals surface area contributed by atoms with Crippen molar-refractivity contribution < 1.29 is 5.11 Å². The maximum absolute atomic E-state index is 9.76. The molecule has 3 heterocycles. The van der Waals surface area contributed by atoms with Gasteiger partial charge in [-0.15, -0.1) is 0 Å². The van der Waals surface area contributed by atoms with Crippen LogP contribution in [0.1, 0.15) is 68.7 Å². The summed E-state index contributed by atoms with van der Waals surface area (Å²) in [4.78, 5) is 10.4. The van der Waals surface area contributed by atoms with Gasteiger partial charge in [-0.1, -0.05) is 62.3 Å². The van der Waals surface area contributed by atoms with Crippen LogP contribution in [0.25, 0.3) is 0 Å². The van der Waals surface area contributed by atoms with Crippen LogP contribution in [0.5, 0.6) is 0 Å². The average molecular weight is 362 g/mol. The molecule has 0 saturated carbocycles. The molecule has 1 N–H and O–H groups in total. The largest absolute Gasteiger partial charge is 0.390 e. The fourth-order valence-corrected chi connectivity index (χ4v) is 4.70. The van der Waals surface area contributed by atoms with Gasteiger partial charge in [0.2, 0.25) is 0 Å². The van der Waals surface area contributed by atoms with E-state index in [0.29, 0.717) is 6.04 Å². The summed E-state index contributed by atoms with van der Waals surface area (Å²) in [6.07, 6.45) is 0.947. The second-order valence-corrected chi connectivity index (χ2v) is 11.7. The van der Waals surface area contributed by atoms with Crippen molar-refractivity contribution in [2.24, 2.45) is 21.2 Å². The van der Waals surface area contributed by atoms with Crippen molar-refractivity contribution in [1.29, 1.82) is 0 Å². The third kappa shape index (κ3) is 3.47. The number of hydrogen-bond acceptors (Lipinski definition) is 4. The number of nitrogens with zero attached hydrogens (tertiary/aromatic N) is 3. The summed E-state index contributed by atoms with van der Waals surface area (Å²) in [6.45, 7) is 23.5. The number of aliphatic imine (C=N–C) groups is 1. The van der Waals surface area contributed by atoms with Crippen LogP contribution in [-0.2, 0) is 0 Å². The summed E-state index contributed by atoms with van der Waals surface area (Å²) in [5.74, 6) is 1.24. The highest BCUT2D eigenvalue weighted by Crippen LogP contribution is 2.48. The van der Waals surface area contributed by atoms with Crippen molar-refractivity contribution in [2.45, 2.75) is 86.9 Å². The number of fused-ring (bicyclic) bond motifs is 1. The number of rotatable bonds is 1. The minimum atomic E-state index is -0.137. The van der Waals surface area contributed by atoms with Crippen LogP contribution < -0.4 is 0 Å². The molecule has 0 aromatic rings. The van der Waals surface area contributed by atoms with Crippen LogP contribution in [-0.4, -0.2) is 58.6 Å². The van der Waals surface area contributed by atoms with E-state index in [9.17, 15) is 5.11 Å². The molecule has 2 atom stereocenters. The molecule has 26 heavy (non-hydrogen) atoms. The molecule has 4 nitrogen and oxygen atoms in total. The Kier molecular flexibility index (Phi) is 4.64. The van der Waals surface area contributed by atoms with Gasteiger partial charge in [0.1, 0.15) is 5.84 Å². The molecule has 2 unspecified atom stereocenters. The summed E-state index contributed by atoms with van der Waals surface area (Å²) in [5, 5.41) is 9.76. The highest BCUT2D eigenvalue weighted by Gasteiger charge is 2.48. The molecule has 0 bridgehead atoms. The van der Waals surface area contributed by atoms with Gasteiger partial charge in [-0.2, -0.15) is 0 Å². The summed E-state index contributed by atoms with van der Waals surface area (Å²) in [7, 11) is 0. The Morgan fingerprint density at radius 3 is 1.88 bits per heavy atom. The first-order valence-corrected chi connectivity index (χ1v) is 10.2. The number of aliphatic hydroxyl groups is 1. The van der Waals surface area contributed by atoms with Crippen molar-refractivity contribution >= 4 is 5.84 Å². The van der Waals surface area contributed by atoms with E-state index >= 15 is 0 Å². The Bertz CT molecular complexity index is 621. The fourth-order valence-electron chi connectivity index (χ4n) is 4.70. The zero-order valence-corrected chi connectivity index (χ0v) is 18.3. The van der Waals surface area contributed by atoms with Crippen LogP contribution in [0.3, 0.4) is 0 Å². The van der Waals surface area contributed by atoms with Gasteiger partial charge in [0.25, 0.3) is 0 Å². The lowest BCUT2D eigenvalue weighted by atomic mass is 9.70. The molecule has 3 aliphatic rings. The Morgan fingerprint density at radius 2 is 1.46 bits per heavy atom. The van der Waals surface area contributed by atoms with Gasteiger partial charge in [0.05, 0.1) is 12.1 Å². The Labute approximate surface area is 160 Å². The Hall–Kier alpha value is -0.870. The lowest BCUT2D eigenvalue weighted by Crippen LogP contribution is -2.56. The molecule has 3 rings (SSSR count). The minimum absolute atomic E-state index is 0.0293. The molecule has 0 aliphatic carbocycles. The molecule has 0 aromatic carbocycles. The molecule has 0 radical (unpaired) electrons. The van der Waals surface area contributed by atoms with E-state index < -0.39 is 0 Å². The van der Waals surface area contributed by atoms with E-state index in [1.807, 2.05) is 0 Å². The smallest absolute Gasteiger partial charge is 0.109 e. The summed E-state index contributed by atoms with van der Waals surface area (Å²) in [5.41, 5.74) is 3.25. The first-order valence-electron chi connectivity index (χ1n) is 10.2. The lowest BCUT2D eigenvalue weighted by molar-refractivity contribution is -0.0210. The van der Waals surface area contributed by atoms with E-state index in [0.717, 1.165) is 26.1 Å². The number of amidine groups is 1. The molecule has 3 aliphatic heterocycles. The summed E-state index contributed by atoms with van der Waals surface area (Å²) >= 11 is 0. The summed E-state index contributed by atoms with van der Waals surface area (Å²) in [6, 6.07) is 0.723. The number of likely N-dealkylation sites (tertiary alicyclic amines) is 1. The molecular formula is C22H39N3O. The highest BCUT2D eigenvalue weighted by molar-refractivity contribution is 5.90. The van der Waals surface area contributed by atoms with Crippen molar-refractivity contribution in [3.05, 3.63) is 11.3 Å². The predicted molar refractivity (Wildman–Crippen MR) is 109 cm³/mol. The molecular weight excluding hydrogens is 322 g/mol. The molecule has 2 fully saturated rings. The molecule has 2 saturated heterocycles. The van der Waals surface area contributed by atoms with Crippen LogP contribution in [0.2, 0.25) is 0 Å². The van der Waals surface area contributed by atoms with E-state index in [2.05, 4.69) is 72.1 Å². The van der Waals surface area contributed by atoms with Gasteiger partial charge >= 0.3 is 0 Å².